The van der Waals surface area contributed by atoms with Crippen LogP contribution in [0, 0.1) is 15.9 Å². The van der Waals surface area contributed by atoms with Crippen LogP contribution in [0.3, 0.4) is 0 Å². The lowest BCUT2D eigenvalue weighted by molar-refractivity contribution is -0.385. The molecule has 0 aliphatic rings. The van der Waals surface area contributed by atoms with Crippen molar-refractivity contribution in [2.24, 2.45) is 0 Å². The lowest BCUT2D eigenvalue weighted by atomic mass is 10.1. The summed E-state index contributed by atoms with van der Waals surface area (Å²) in [6, 6.07) is 2.89. The number of nitro benzene ring substituents is 1. The van der Waals surface area contributed by atoms with Gasteiger partial charge in [0, 0.05) is 11.6 Å². The van der Waals surface area contributed by atoms with E-state index in [0.717, 1.165) is 12.1 Å². The van der Waals surface area contributed by atoms with Gasteiger partial charge in [0.1, 0.15) is 24.3 Å². The van der Waals surface area contributed by atoms with Crippen molar-refractivity contribution in [2.45, 2.75) is 6.10 Å². The maximum absolute atomic E-state index is 13.7. The SMILES string of the molecule is C=C/C=C(/OCC(O)c1ccc([N+](=O)[O-])cc1F)C(=C)O. The summed E-state index contributed by atoms with van der Waals surface area (Å²) in [5, 5.41) is 29.5. The topological polar surface area (TPSA) is 92.8 Å². The van der Waals surface area contributed by atoms with Crippen LogP contribution in [0.25, 0.3) is 0 Å². The Balaban J connectivity index is 2.83. The predicted molar refractivity (Wildman–Crippen MR) is 74.0 cm³/mol. The summed E-state index contributed by atoms with van der Waals surface area (Å²) in [6.07, 6.45) is 1.30. The van der Waals surface area contributed by atoms with E-state index in [1.807, 2.05) is 0 Å². The van der Waals surface area contributed by atoms with Gasteiger partial charge in [0.25, 0.3) is 5.69 Å². The minimum atomic E-state index is -1.36. The second kappa shape index (κ2) is 7.20. The summed E-state index contributed by atoms with van der Waals surface area (Å²) >= 11 is 0. The normalized spacial score (nSPS) is 12.6. The lowest BCUT2D eigenvalue weighted by Crippen LogP contribution is -2.10. The van der Waals surface area contributed by atoms with E-state index in [4.69, 9.17) is 4.74 Å². The van der Waals surface area contributed by atoms with Gasteiger partial charge in [0.15, 0.2) is 5.76 Å². The number of nitrogens with zero attached hydrogens (tertiary/aromatic N) is 1. The summed E-state index contributed by atoms with van der Waals surface area (Å²) in [5.74, 6) is -1.31. The second-order valence-corrected chi connectivity index (χ2v) is 4.00. The quantitative estimate of drug-likeness (QED) is 0.349. The smallest absolute Gasteiger partial charge is 0.272 e. The fraction of sp³-hybridized carbons (Fsp3) is 0.143. The van der Waals surface area contributed by atoms with E-state index < -0.39 is 22.5 Å². The maximum Gasteiger partial charge on any atom is 0.272 e. The van der Waals surface area contributed by atoms with Crippen molar-refractivity contribution in [2.75, 3.05) is 6.61 Å². The molecule has 6 nitrogen and oxygen atoms in total. The van der Waals surface area contributed by atoms with E-state index in [-0.39, 0.29) is 23.7 Å². The maximum atomic E-state index is 13.7. The highest BCUT2D eigenvalue weighted by atomic mass is 19.1. The average molecular weight is 295 g/mol. The molecule has 21 heavy (non-hydrogen) atoms. The molecule has 0 aromatic heterocycles. The summed E-state index contributed by atoms with van der Waals surface area (Å²) in [4.78, 5) is 9.75. The fourth-order valence-corrected chi connectivity index (χ4v) is 1.49. The van der Waals surface area contributed by atoms with Gasteiger partial charge in [-0.2, -0.15) is 0 Å². The van der Waals surface area contributed by atoms with Gasteiger partial charge >= 0.3 is 0 Å². The Kier molecular flexibility index (Phi) is 5.62. The molecule has 7 heteroatoms. The first-order valence-corrected chi connectivity index (χ1v) is 5.82. The van der Waals surface area contributed by atoms with E-state index in [1.54, 1.807) is 0 Å². The van der Waals surface area contributed by atoms with Crippen molar-refractivity contribution in [3.63, 3.8) is 0 Å². The van der Waals surface area contributed by atoms with Crippen LogP contribution >= 0.6 is 0 Å². The number of halogens is 1. The molecule has 0 radical (unpaired) electrons. The van der Waals surface area contributed by atoms with Gasteiger partial charge in [-0.1, -0.05) is 19.2 Å². The monoisotopic (exact) mass is 295 g/mol. The first kappa shape index (κ1) is 16.4. The molecule has 0 heterocycles. The summed E-state index contributed by atoms with van der Waals surface area (Å²) in [5.41, 5.74) is -0.567. The molecule has 2 N–H and O–H groups in total. The molecule has 0 saturated carbocycles. The Morgan fingerprint density at radius 2 is 2.24 bits per heavy atom. The fourth-order valence-electron chi connectivity index (χ4n) is 1.49. The number of hydrogen-bond donors (Lipinski definition) is 2. The third-order valence-corrected chi connectivity index (χ3v) is 2.50. The number of aliphatic hydroxyl groups is 2. The number of hydrogen-bond acceptors (Lipinski definition) is 5. The Morgan fingerprint density at radius 1 is 1.57 bits per heavy atom. The number of ether oxygens (including phenoxy) is 1. The number of allylic oxidation sites excluding steroid dienone is 2. The molecule has 0 saturated heterocycles. The van der Waals surface area contributed by atoms with Crippen molar-refractivity contribution in [3.05, 3.63) is 76.5 Å². The third kappa shape index (κ3) is 4.43. The molecule has 0 aliphatic carbocycles. The standard InChI is InChI=1S/C14H14FNO5/c1-3-4-14(9(2)17)21-8-13(18)11-6-5-10(16(19)20)7-12(11)15/h3-7,13,17-18H,1-2,8H2/b14-4+. The van der Waals surface area contributed by atoms with Crippen LogP contribution < -0.4 is 0 Å². The van der Waals surface area contributed by atoms with Gasteiger partial charge in [-0.15, -0.1) is 0 Å². The first-order chi connectivity index (χ1) is 9.86. The van der Waals surface area contributed by atoms with Crippen LogP contribution in [0.4, 0.5) is 10.1 Å². The van der Waals surface area contributed by atoms with Crippen molar-refractivity contribution in [3.8, 4) is 0 Å². The number of nitro groups is 1. The van der Waals surface area contributed by atoms with Crippen LogP contribution in [0.1, 0.15) is 11.7 Å². The number of rotatable bonds is 7. The van der Waals surface area contributed by atoms with Gasteiger partial charge in [-0.25, -0.2) is 4.39 Å². The second-order valence-electron chi connectivity index (χ2n) is 4.00. The Bertz CT molecular complexity index is 597. The number of aliphatic hydroxyl groups excluding tert-OH is 2. The molecule has 0 bridgehead atoms. The van der Waals surface area contributed by atoms with Crippen LogP contribution in [0.15, 0.2) is 55.0 Å². The van der Waals surface area contributed by atoms with Crippen LogP contribution in [0.2, 0.25) is 0 Å². The third-order valence-electron chi connectivity index (χ3n) is 2.50. The molecule has 112 valence electrons. The lowest BCUT2D eigenvalue weighted by Gasteiger charge is -2.14. The zero-order valence-corrected chi connectivity index (χ0v) is 11.0. The van der Waals surface area contributed by atoms with E-state index >= 15 is 0 Å². The molecule has 0 amide bonds. The summed E-state index contributed by atoms with van der Waals surface area (Å²) in [7, 11) is 0. The summed E-state index contributed by atoms with van der Waals surface area (Å²) < 4.78 is 18.8. The highest BCUT2D eigenvalue weighted by molar-refractivity contribution is 5.35. The van der Waals surface area contributed by atoms with E-state index in [9.17, 15) is 24.7 Å². The largest absolute Gasteiger partial charge is 0.505 e. The zero-order chi connectivity index (χ0) is 16.0. The molecular weight excluding hydrogens is 281 g/mol. The summed E-state index contributed by atoms with van der Waals surface area (Å²) in [6.45, 7) is 6.30. The van der Waals surface area contributed by atoms with Crippen LogP contribution in [-0.2, 0) is 4.74 Å². The van der Waals surface area contributed by atoms with Gasteiger partial charge in [0.05, 0.1) is 11.0 Å². The van der Waals surface area contributed by atoms with Gasteiger partial charge in [-0.3, -0.25) is 10.1 Å². The molecule has 1 unspecified atom stereocenters. The van der Waals surface area contributed by atoms with Gasteiger partial charge < -0.3 is 14.9 Å². The minimum Gasteiger partial charge on any atom is -0.505 e. The van der Waals surface area contributed by atoms with Crippen molar-refractivity contribution in [1.82, 2.24) is 0 Å². The Morgan fingerprint density at radius 3 is 2.71 bits per heavy atom. The molecule has 0 aliphatic heterocycles. The first-order valence-electron chi connectivity index (χ1n) is 5.82. The minimum absolute atomic E-state index is 0.0219. The molecule has 1 aromatic rings. The Hall–Kier alpha value is -2.67. The van der Waals surface area contributed by atoms with E-state index in [2.05, 4.69) is 13.2 Å². The van der Waals surface area contributed by atoms with Crippen molar-refractivity contribution < 1.29 is 24.3 Å². The van der Waals surface area contributed by atoms with E-state index in [0.29, 0.717) is 6.07 Å². The molecule has 0 spiro atoms. The highest BCUT2D eigenvalue weighted by Gasteiger charge is 2.18. The molecule has 1 rings (SSSR count). The molecule has 1 atom stereocenters. The average Bonchev–Trinajstić information content (AvgIpc) is 2.42. The molecular formula is C14H14FNO5. The number of non-ortho nitro benzene ring substituents is 1. The predicted octanol–water partition coefficient (Wildman–Crippen LogP) is 2.93. The van der Waals surface area contributed by atoms with Crippen LogP contribution in [-0.4, -0.2) is 21.7 Å². The van der Waals surface area contributed by atoms with Crippen molar-refractivity contribution in [1.29, 1.82) is 0 Å². The van der Waals surface area contributed by atoms with E-state index in [1.165, 1.54) is 12.2 Å². The van der Waals surface area contributed by atoms with Gasteiger partial charge in [0.2, 0.25) is 0 Å². The van der Waals surface area contributed by atoms with Crippen molar-refractivity contribution >= 4 is 5.69 Å². The Labute approximate surface area is 120 Å². The molecule has 1 aromatic carbocycles. The zero-order valence-electron chi connectivity index (χ0n) is 11.0. The highest BCUT2D eigenvalue weighted by Crippen LogP contribution is 2.23. The number of benzene rings is 1. The van der Waals surface area contributed by atoms with Crippen LogP contribution in [0.5, 0.6) is 0 Å². The van der Waals surface area contributed by atoms with Gasteiger partial charge in [-0.05, 0) is 12.1 Å². The molecule has 0 fully saturated rings.